The number of thioether (sulfide) groups is 1. The molecule has 0 aliphatic rings. The predicted molar refractivity (Wildman–Crippen MR) is 86.8 cm³/mol. The molecule has 1 aromatic carbocycles. The summed E-state index contributed by atoms with van der Waals surface area (Å²) < 4.78 is 0. The molecule has 2 rings (SSSR count). The first kappa shape index (κ1) is 16.1. The van der Waals surface area contributed by atoms with E-state index in [2.05, 4.69) is 10.3 Å². The molecule has 1 atom stereocenters. The van der Waals surface area contributed by atoms with Gasteiger partial charge in [0.1, 0.15) is 0 Å². The molecule has 2 aromatic rings. The molecule has 0 aliphatic heterocycles. The van der Waals surface area contributed by atoms with Crippen LogP contribution < -0.4 is 5.32 Å². The molecule has 0 saturated carbocycles. The minimum absolute atomic E-state index is 0.0511. The van der Waals surface area contributed by atoms with Gasteiger partial charge in [-0.3, -0.25) is 9.78 Å². The number of fused-ring (bicyclic) bond motifs is 1. The molecule has 2 N–H and O–H groups in total. The van der Waals surface area contributed by atoms with Crippen molar-refractivity contribution >= 4 is 40.2 Å². The van der Waals surface area contributed by atoms with E-state index in [1.54, 1.807) is 24.9 Å². The summed E-state index contributed by atoms with van der Waals surface area (Å²) in [6.07, 6.45) is 1.64. The molecule has 6 heteroatoms. The maximum atomic E-state index is 11.6. The number of hydrogen-bond donors (Lipinski definition) is 2. The van der Waals surface area contributed by atoms with Crippen molar-refractivity contribution in [2.24, 2.45) is 0 Å². The molecular weight excluding hydrogens is 308 g/mol. The minimum Gasteiger partial charge on any atom is -0.392 e. The molecule has 0 fully saturated rings. The van der Waals surface area contributed by atoms with Gasteiger partial charge in [-0.2, -0.15) is 0 Å². The van der Waals surface area contributed by atoms with E-state index in [4.69, 9.17) is 16.7 Å². The van der Waals surface area contributed by atoms with E-state index < -0.39 is 6.10 Å². The van der Waals surface area contributed by atoms with Gasteiger partial charge < -0.3 is 10.4 Å². The zero-order valence-electron chi connectivity index (χ0n) is 11.7. The molecule has 1 aromatic heterocycles. The van der Waals surface area contributed by atoms with Gasteiger partial charge in [-0.05, 0) is 25.1 Å². The quantitative estimate of drug-likeness (QED) is 0.802. The number of amides is 1. The van der Waals surface area contributed by atoms with Gasteiger partial charge in [-0.25, -0.2) is 0 Å². The Morgan fingerprint density at radius 1 is 1.48 bits per heavy atom. The van der Waals surface area contributed by atoms with E-state index in [0.29, 0.717) is 23.7 Å². The molecule has 0 spiro atoms. The maximum absolute atomic E-state index is 11.6. The van der Waals surface area contributed by atoms with Crippen molar-refractivity contribution in [3.8, 4) is 0 Å². The Morgan fingerprint density at radius 2 is 2.29 bits per heavy atom. The first-order chi connectivity index (χ1) is 10.1. The van der Waals surface area contributed by atoms with Crippen LogP contribution in [0.4, 0.5) is 0 Å². The number of aromatic nitrogens is 1. The SMILES string of the molecule is CC(O)CNC(=O)CCSc1ccnc2cc(Cl)ccc12. The van der Waals surface area contributed by atoms with Crippen molar-refractivity contribution in [3.05, 3.63) is 35.5 Å². The van der Waals surface area contributed by atoms with E-state index in [1.165, 1.54) is 0 Å². The zero-order valence-corrected chi connectivity index (χ0v) is 13.2. The van der Waals surface area contributed by atoms with Crippen molar-refractivity contribution in [2.75, 3.05) is 12.3 Å². The number of halogens is 1. The Morgan fingerprint density at radius 3 is 3.05 bits per heavy atom. The van der Waals surface area contributed by atoms with Crippen LogP contribution in [0.2, 0.25) is 5.02 Å². The predicted octanol–water partition coefficient (Wildman–Crippen LogP) is 2.87. The Kier molecular flexibility index (Phi) is 5.85. The highest BCUT2D eigenvalue weighted by atomic mass is 35.5. The largest absolute Gasteiger partial charge is 0.392 e. The normalized spacial score (nSPS) is 12.3. The van der Waals surface area contributed by atoms with E-state index in [0.717, 1.165) is 15.8 Å². The van der Waals surface area contributed by atoms with Crippen LogP contribution in [0.15, 0.2) is 35.4 Å². The summed E-state index contributed by atoms with van der Waals surface area (Å²) in [6, 6.07) is 7.55. The Balaban J connectivity index is 1.93. The summed E-state index contributed by atoms with van der Waals surface area (Å²) in [5.74, 6) is 0.623. The number of aliphatic hydroxyl groups is 1. The molecule has 0 bridgehead atoms. The summed E-state index contributed by atoms with van der Waals surface area (Å²) in [5.41, 5.74) is 0.853. The van der Waals surface area contributed by atoms with Crippen LogP contribution in [-0.2, 0) is 4.79 Å². The highest BCUT2D eigenvalue weighted by molar-refractivity contribution is 7.99. The lowest BCUT2D eigenvalue weighted by atomic mass is 10.2. The fourth-order valence-corrected chi connectivity index (χ4v) is 2.98. The number of nitrogens with zero attached hydrogens (tertiary/aromatic N) is 1. The number of benzene rings is 1. The summed E-state index contributed by atoms with van der Waals surface area (Å²) >= 11 is 7.57. The molecule has 1 unspecified atom stereocenters. The standard InChI is InChI=1S/C15H17ClN2O2S/c1-10(19)9-18-15(20)5-7-21-14-4-6-17-13-8-11(16)2-3-12(13)14/h2-4,6,8,10,19H,5,7,9H2,1H3,(H,18,20). The van der Waals surface area contributed by atoms with Crippen LogP contribution in [0, 0.1) is 0 Å². The third-order valence-corrected chi connectivity index (χ3v) is 4.16. The number of rotatable bonds is 6. The number of hydrogen-bond acceptors (Lipinski definition) is 4. The van der Waals surface area contributed by atoms with Crippen LogP contribution in [-0.4, -0.2) is 34.4 Å². The summed E-state index contributed by atoms with van der Waals surface area (Å²) in [7, 11) is 0. The van der Waals surface area contributed by atoms with E-state index in [9.17, 15) is 4.79 Å². The smallest absolute Gasteiger partial charge is 0.220 e. The second-order valence-electron chi connectivity index (χ2n) is 4.72. The van der Waals surface area contributed by atoms with Crippen LogP contribution in [0.1, 0.15) is 13.3 Å². The third kappa shape index (κ3) is 4.88. The molecule has 112 valence electrons. The van der Waals surface area contributed by atoms with Crippen molar-refractivity contribution in [1.82, 2.24) is 10.3 Å². The lowest BCUT2D eigenvalue weighted by molar-refractivity contribution is -0.121. The van der Waals surface area contributed by atoms with Gasteiger partial charge in [0.05, 0.1) is 11.6 Å². The molecule has 0 radical (unpaired) electrons. The fourth-order valence-electron chi connectivity index (χ4n) is 1.82. The molecule has 21 heavy (non-hydrogen) atoms. The molecule has 1 heterocycles. The van der Waals surface area contributed by atoms with Crippen LogP contribution in [0.25, 0.3) is 10.9 Å². The fraction of sp³-hybridized carbons (Fsp3) is 0.333. The van der Waals surface area contributed by atoms with Crippen LogP contribution in [0.3, 0.4) is 0 Å². The highest BCUT2D eigenvalue weighted by Gasteiger charge is 2.06. The van der Waals surface area contributed by atoms with Crippen LogP contribution in [0.5, 0.6) is 0 Å². The Labute approximate surface area is 132 Å². The minimum atomic E-state index is -0.518. The second kappa shape index (κ2) is 7.64. The monoisotopic (exact) mass is 324 g/mol. The number of aliphatic hydroxyl groups excluding tert-OH is 1. The maximum Gasteiger partial charge on any atom is 0.220 e. The average molecular weight is 325 g/mol. The zero-order chi connectivity index (χ0) is 15.2. The number of pyridine rings is 1. The second-order valence-corrected chi connectivity index (χ2v) is 6.30. The van der Waals surface area contributed by atoms with Gasteiger partial charge in [-0.1, -0.05) is 17.7 Å². The van der Waals surface area contributed by atoms with E-state index >= 15 is 0 Å². The lowest BCUT2D eigenvalue weighted by Gasteiger charge is -2.08. The average Bonchev–Trinajstić information content (AvgIpc) is 2.45. The topological polar surface area (TPSA) is 62.2 Å². The summed E-state index contributed by atoms with van der Waals surface area (Å²) in [6.45, 7) is 1.93. The Hall–Kier alpha value is -1.30. The third-order valence-electron chi connectivity index (χ3n) is 2.85. The molecular formula is C15H17ClN2O2S. The molecule has 4 nitrogen and oxygen atoms in total. The first-order valence-corrected chi connectivity index (χ1v) is 8.04. The number of carbonyl (C=O) groups excluding carboxylic acids is 1. The van der Waals surface area contributed by atoms with E-state index in [-0.39, 0.29) is 5.91 Å². The number of carbonyl (C=O) groups is 1. The van der Waals surface area contributed by atoms with Gasteiger partial charge >= 0.3 is 0 Å². The number of nitrogens with one attached hydrogen (secondary N) is 1. The first-order valence-electron chi connectivity index (χ1n) is 6.68. The van der Waals surface area contributed by atoms with Gasteiger partial charge in [0.2, 0.25) is 5.91 Å². The van der Waals surface area contributed by atoms with E-state index in [1.807, 2.05) is 24.3 Å². The van der Waals surface area contributed by atoms with Gasteiger partial charge in [0.15, 0.2) is 0 Å². The van der Waals surface area contributed by atoms with Crippen molar-refractivity contribution in [1.29, 1.82) is 0 Å². The Bertz CT molecular complexity index is 634. The van der Waals surface area contributed by atoms with Gasteiger partial charge in [0, 0.05) is 40.2 Å². The molecule has 1 amide bonds. The van der Waals surface area contributed by atoms with Crippen LogP contribution >= 0.6 is 23.4 Å². The van der Waals surface area contributed by atoms with Gasteiger partial charge in [-0.15, -0.1) is 11.8 Å². The van der Waals surface area contributed by atoms with Gasteiger partial charge in [0.25, 0.3) is 0 Å². The summed E-state index contributed by atoms with van der Waals surface area (Å²) in [5, 5.41) is 13.5. The van der Waals surface area contributed by atoms with Crippen molar-refractivity contribution in [3.63, 3.8) is 0 Å². The lowest BCUT2D eigenvalue weighted by Crippen LogP contribution is -2.30. The van der Waals surface area contributed by atoms with Crippen molar-refractivity contribution in [2.45, 2.75) is 24.3 Å². The molecule has 0 saturated heterocycles. The summed E-state index contributed by atoms with van der Waals surface area (Å²) in [4.78, 5) is 17.0. The molecule has 0 aliphatic carbocycles. The highest BCUT2D eigenvalue weighted by Crippen LogP contribution is 2.28. The van der Waals surface area contributed by atoms with Crippen molar-refractivity contribution < 1.29 is 9.90 Å².